The summed E-state index contributed by atoms with van der Waals surface area (Å²) < 4.78 is 4.74. The van der Waals surface area contributed by atoms with Gasteiger partial charge in [-0.25, -0.2) is 15.0 Å². The first kappa shape index (κ1) is 33.5. The molecular weight excluding hydrogens is 719 g/mol. The highest BCUT2D eigenvalue weighted by atomic mass is 15.0. The summed E-state index contributed by atoms with van der Waals surface area (Å²) in [6.07, 6.45) is 2.19. The Balaban J connectivity index is 0.997. The van der Waals surface area contributed by atoms with Crippen LogP contribution < -0.4 is 0 Å². The maximum atomic E-state index is 5.06. The molecule has 1 aliphatic rings. The van der Waals surface area contributed by atoms with Crippen molar-refractivity contribution in [2.75, 3.05) is 0 Å². The number of benzene rings is 8. The molecule has 0 aliphatic heterocycles. The summed E-state index contributed by atoms with van der Waals surface area (Å²) in [5.41, 5.74) is 13.6. The van der Waals surface area contributed by atoms with Crippen molar-refractivity contribution in [2.45, 2.75) is 19.3 Å². The van der Waals surface area contributed by atoms with Crippen molar-refractivity contribution in [1.82, 2.24) is 24.1 Å². The molecule has 3 aromatic heterocycles. The largest absolute Gasteiger partial charge is 0.317 e. The monoisotopic (exact) mass is 755 g/mol. The second kappa shape index (κ2) is 12.7. The highest BCUT2D eigenvalue weighted by Crippen LogP contribution is 2.51. The van der Waals surface area contributed by atoms with Crippen molar-refractivity contribution in [3.8, 4) is 56.7 Å². The number of aromatic nitrogens is 5. The SMILES string of the molecule is CC1(C)c2cc(-c3nc(-c4ccccc4)nc(-c4ccccc4)n3)ccc2-c2ccc(-n3c4ccccc4c4cc5ccc6c(ccn6-c6ccccc6)c5cc43)cc21. The molecule has 59 heavy (non-hydrogen) atoms. The van der Waals surface area contributed by atoms with Crippen LogP contribution in [-0.4, -0.2) is 24.1 Å². The number of rotatable bonds is 5. The predicted molar refractivity (Wildman–Crippen MR) is 242 cm³/mol. The first-order valence-electron chi connectivity index (χ1n) is 20.2. The number of hydrogen-bond acceptors (Lipinski definition) is 3. The van der Waals surface area contributed by atoms with Gasteiger partial charge in [0.15, 0.2) is 17.5 Å². The maximum absolute atomic E-state index is 5.06. The summed E-state index contributed by atoms with van der Waals surface area (Å²) in [4.78, 5) is 15.0. The molecule has 3 heterocycles. The lowest BCUT2D eigenvalue weighted by atomic mass is 9.81. The highest BCUT2D eigenvalue weighted by molar-refractivity contribution is 6.18. The second-order valence-electron chi connectivity index (χ2n) is 16.1. The average Bonchev–Trinajstić information content (AvgIpc) is 3.94. The molecule has 12 rings (SSSR count). The third-order valence-electron chi connectivity index (χ3n) is 12.4. The predicted octanol–water partition coefficient (Wildman–Crippen LogP) is 13.4. The first-order chi connectivity index (χ1) is 29.0. The van der Waals surface area contributed by atoms with Gasteiger partial charge in [-0.3, -0.25) is 0 Å². The fourth-order valence-corrected chi connectivity index (χ4v) is 9.45. The average molecular weight is 756 g/mol. The molecule has 1 aliphatic carbocycles. The molecule has 0 atom stereocenters. The lowest BCUT2D eigenvalue weighted by molar-refractivity contribution is 0.660. The number of hydrogen-bond donors (Lipinski definition) is 0. The normalized spacial score (nSPS) is 13.1. The van der Waals surface area contributed by atoms with E-state index < -0.39 is 0 Å². The maximum Gasteiger partial charge on any atom is 0.164 e. The van der Waals surface area contributed by atoms with Crippen LogP contribution in [0.3, 0.4) is 0 Å². The van der Waals surface area contributed by atoms with Gasteiger partial charge in [-0.2, -0.15) is 0 Å². The van der Waals surface area contributed by atoms with Crippen LogP contribution in [0.15, 0.2) is 188 Å². The summed E-state index contributed by atoms with van der Waals surface area (Å²) >= 11 is 0. The third-order valence-corrected chi connectivity index (χ3v) is 12.4. The van der Waals surface area contributed by atoms with Gasteiger partial charge >= 0.3 is 0 Å². The molecule has 0 saturated carbocycles. The van der Waals surface area contributed by atoms with Gasteiger partial charge < -0.3 is 9.13 Å². The fraction of sp³-hybridized carbons (Fsp3) is 0.0556. The van der Waals surface area contributed by atoms with Gasteiger partial charge in [0.25, 0.3) is 0 Å². The number of nitrogens with zero attached hydrogens (tertiary/aromatic N) is 5. The van der Waals surface area contributed by atoms with Gasteiger partial charge in [-0.1, -0.05) is 135 Å². The minimum absolute atomic E-state index is 0.272. The van der Waals surface area contributed by atoms with Gasteiger partial charge in [-0.15, -0.1) is 0 Å². The zero-order chi connectivity index (χ0) is 39.2. The van der Waals surface area contributed by atoms with Crippen molar-refractivity contribution in [2.24, 2.45) is 0 Å². The smallest absolute Gasteiger partial charge is 0.164 e. The fourth-order valence-electron chi connectivity index (χ4n) is 9.45. The van der Waals surface area contributed by atoms with Crippen LogP contribution in [0.5, 0.6) is 0 Å². The van der Waals surface area contributed by atoms with Crippen molar-refractivity contribution in [3.05, 3.63) is 199 Å². The Labute approximate surface area is 341 Å². The van der Waals surface area contributed by atoms with Crippen molar-refractivity contribution in [1.29, 1.82) is 0 Å². The van der Waals surface area contributed by atoms with E-state index in [0.29, 0.717) is 17.5 Å². The van der Waals surface area contributed by atoms with E-state index >= 15 is 0 Å². The Kier molecular flexibility index (Phi) is 7.20. The van der Waals surface area contributed by atoms with Crippen molar-refractivity contribution < 1.29 is 0 Å². The summed E-state index contributed by atoms with van der Waals surface area (Å²) in [6, 6.07) is 65.1. The molecule has 278 valence electrons. The Bertz CT molecular complexity index is 3390. The van der Waals surface area contributed by atoms with Gasteiger partial charge in [0, 0.05) is 55.8 Å². The quantitative estimate of drug-likeness (QED) is 0.176. The standard InChI is InChI=1S/C54H37N5/c1-54(2)46-31-37(53-56-51(34-14-6-3-7-15-34)55-52(57-53)35-16-8-4-9-17-35)22-25-40(46)41-26-24-39(32-47(41)54)59-49-21-13-12-20-42(49)45-30-36-23-27-48-43(44(36)33-50(45)59)28-29-58(48)38-18-10-5-11-19-38/h3-33H,1-2H3. The molecule has 0 spiro atoms. The molecule has 0 amide bonds. The Morgan fingerprint density at radius 1 is 0.390 bits per heavy atom. The molecule has 0 fully saturated rings. The van der Waals surface area contributed by atoms with E-state index in [-0.39, 0.29) is 5.41 Å². The van der Waals surface area contributed by atoms with E-state index in [1.165, 1.54) is 65.7 Å². The van der Waals surface area contributed by atoms with E-state index in [1.807, 2.05) is 36.4 Å². The van der Waals surface area contributed by atoms with Crippen LogP contribution in [0.2, 0.25) is 0 Å². The second-order valence-corrected chi connectivity index (χ2v) is 16.1. The zero-order valence-corrected chi connectivity index (χ0v) is 32.6. The minimum Gasteiger partial charge on any atom is -0.317 e. The van der Waals surface area contributed by atoms with Crippen LogP contribution in [0.1, 0.15) is 25.0 Å². The van der Waals surface area contributed by atoms with Gasteiger partial charge in [0.05, 0.1) is 16.6 Å². The van der Waals surface area contributed by atoms with Crippen LogP contribution in [-0.2, 0) is 5.41 Å². The topological polar surface area (TPSA) is 48.5 Å². The van der Waals surface area contributed by atoms with E-state index in [0.717, 1.165) is 28.1 Å². The Hall–Kier alpha value is -7.63. The van der Waals surface area contributed by atoms with E-state index in [9.17, 15) is 0 Å². The molecule has 5 heteroatoms. The lowest BCUT2D eigenvalue weighted by Crippen LogP contribution is -2.15. The van der Waals surface area contributed by atoms with E-state index in [4.69, 9.17) is 15.0 Å². The lowest BCUT2D eigenvalue weighted by Gasteiger charge is -2.23. The Morgan fingerprint density at radius 3 is 1.69 bits per heavy atom. The highest BCUT2D eigenvalue weighted by Gasteiger charge is 2.36. The van der Waals surface area contributed by atoms with Crippen LogP contribution in [0.4, 0.5) is 0 Å². The molecule has 0 radical (unpaired) electrons. The van der Waals surface area contributed by atoms with Gasteiger partial charge in [0.1, 0.15) is 0 Å². The number of para-hydroxylation sites is 2. The Morgan fingerprint density at radius 2 is 0.983 bits per heavy atom. The van der Waals surface area contributed by atoms with Gasteiger partial charge in [-0.05, 0) is 93.7 Å². The van der Waals surface area contributed by atoms with E-state index in [2.05, 4.69) is 175 Å². The molecule has 0 saturated heterocycles. The first-order valence-corrected chi connectivity index (χ1v) is 20.2. The molecule has 0 bridgehead atoms. The molecule has 11 aromatic rings. The zero-order valence-electron chi connectivity index (χ0n) is 32.6. The van der Waals surface area contributed by atoms with Crippen molar-refractivity contribution in [3.63, 3.8) is 0 Å². The van der Waals surface area contributed by atoms with Crippen LogP contribution in [0, 0.1) is 0 Å². The van der Waals surface area contributed by atoms with Crippen LogP contribution >= 0.6 is 0 Å². The summed E-state index contributed by atoms with van der Waals surface area (Å²) in [5, 5.41) is 6.24. The molecular formula is C54H37N5. The summed E-state index contributed by atoms with van der Waals surface area (Å²) in [5.74, 6) is 1.99. The minimum atomic E-state index is -0.272. The summed E-state index contributed by atoms with van der Waals surface area (Å²) in [7, 11) is 0. The molecule has 8 aromatic carbocycles. The summed E-state index contributed by atoms with van der Waals surface area (Å²) in [6.45, 7) is 4.69. The third kappa shape index (κ3) is 5.14. The molecule has 5 nitrogen and oxygen atoms in total. The van der Waals surface area contributed by atoms with E-state index in [1.54, 1.807) is 0 Å². The van der Waals surface area contributed by atoms with Crippen molar-refractivity contribution >= 4 is 43.5 Å². The molecule has 0 N–H and O–H groups in total. The van der Waals surface area contributed by atoms with Gasteiger partial charge in [0.2, 0.25) is 0 Å². The van der Waals surface area contributed by atoms with Crippen LogP contribution in [0.25, 0.3) is 100 Å². The molecule has 0 unspecified atom stereocenters. The number of fused-ring (bicyclic) bond motifs is 9.